The molecule has 0 fully saturated rings. The molecule has 0 unspecified atom stereocenters. The lowest BCUT2D eigenvalue weighted by molar-refractivity contribution is 0.358. The molecule has 0 heterocycles. The maximum absolute atomic E-state index is 9.16. The fourth-order valence-electron chi connectivity index (χ4n) is 1.46. The molecule has 1 atom stereocenters. The van der Waals surface area contributed by atoms with Gasteiger partial charge in [0.25, 0.3) is 0 Å². The van der Waals surface area contributed by atoms with Crippen molar-refractivity contribution in [3.8, 4) is 6.07 Å². The molecule has 1 aromatic carbocycles. The molecular weight excluding hydrogens is 191 g/mol. The predicted octanol–water partition coefficient (Wildman–Crippen LogP) is -0.507. The summed E-state index contributed by atoms with van der Waals surface area (Å²) in [6.45, 7) is 0. The molecule has 0 aliphatic rings. The van der Waals surface area contributed by atoms with E-state index in [9.17, 15) is 0 Å². The molecule has 0 saturated carbocycles. The molecule has 78 valence electrons. The van der Waals surface area contributed by atoms with Crippen molar-refractivity contribution in [2.75, 3.05) is 14.1 Å². The number of hydrogen-bond acceptors (Lipinski definition) is 4. The Morgan fingerprint density at radius 2 is 1.93 bits per heavy atom. The average molecular weight is 204 g/mol. The van der Waals surface area contributed by atoms with Crippen LogP contribution in [-0.4, -0.2) is 36.2 Å². The van der Waals surface area contributed by atoms with Gasteiger partial charge in [0.05, 0.1) is 6.07 Å². The first-order valence-electron chi connectivity index (χ1n) is 4.59. The van der Waals surface area contributed by atoms with Crippen LogP contribution in [0.15, 0.2) is 24.3 Å². The first-order chi connectivity index (χ1) is 7.07. The van der Waals surface area contributed by atoms with E-state index in [4.69, 9.17) is 15.3 Å². The van der Waals surface area contributed by atoms with Gasteiger partial charge in [-0.15, -0.1) is 0 Å². The molecule has 1 aromatic rings. The normalized spacial score (nSPS) is 12.3. The topological polar surface area (TPSA) is 67.5 Å². The standard InChI is InChI=1S/C10H13BN2O2/c1-13(2)10(7-12)8-5-3-4-6-9(8)11(14)15/h3-6,10,14-15H,1-2H3/t10-/m0/s1. The predicted molar refractivity (Wildman–Crippen MR) is 58.3 cm³/mol. The van der Waals surface area contributed by atoms with Crippen LogP contribution in [0.25, 0.3) is 0 Å². The Balaban J connectivity index is 3.18. The molecule has 5 heteroatoms. The molecule has 4 nitrogen and oxygen atoms in total. The van der Waals surface area contributed by atoms with Gasteiger partial charge in [0, 0.05) is 0 Å². The van der Waals surface area contributed by atoms with Gasteiger partial charge >= 0.3 is 7.12 Å². The van der Waals surface area contributed by atoms with Crippen LogP contribution in [0.3, 0.4) is 0 Å². The van der Waals surface area contributed by atoms with Crippen LogP contribution in [0.5, 0.6) is 0 Å². The molecule has 2 N–H and O–H groups in total. The minimum Gasteiger partial charge on any atom is -0.423 e. The van der Waals surface area contributed by atoms with Gasteiger partial charge in [-0.25, -0.2) is 0 Å². The molecule has 0 aromatic heterocycles. The summed E-state index contributed by atoms with van der Waals surface area (Å²) in [5.74, 6) is 0. The average Bonchev–Trinajstić information content (AvgIpc) is 2.18. The van der Waals surface area contributed by atoms with Gasteiger partial charge in [-0.05, 0) is 25.1 Å². The van der Waals surface area contributed by atoms with Crippen molar-refractivity contribution in [2.45, 2.75) is 6.04 Å². The maximum Gasteiger partial charge on any atom is 0.488 e. The first kappa shape index (κ1) is 11.7. The lowest BCUT2D eigenvalue weighted by Gasteiger charge is -2.20. The maximum atomic E-state index is 9.16. The van der Waals surface area contributed by atoms with E-state index in [2.05, 4.69) is 6.07 Å². The molecule has 1 rings (SSSR count). The molecular formula is C10H13BN2O2. The fourth-order valence-corrected chi connectivity index (χ4v) is 1.46. The highest BCUT2D eigenvalue weighted by Crippen LogP contribution is 2.14. The zero-order valence-electron chi connectivity index (χ0n) is 8.75. The summed E-state index contributed by atoms with van der Waals surface area (Å²) in [5, 5.41) is 27.3. The smallest absolute Gasteiger partial charge is 0.423 e. The van der Waals surface area contributed by atoms with Crippen molar-refractivity contribution < 1.29 is 10.0 Å². The third-order valence-corrected chi connectivity index (χ3v) is 2.21. The second-order valence-electron chi connectivity index (χ2n) is 3.50. The molecule has 15 heavy (non-hydrogen) atoms. The van der Waals surface area contributed by atoms with Crippen molar-refractivity contribution in [1.29, 1.82) is 5.26 Å². The highest BCUT2D eigenvalue weighted by molar-refractivity contribution is 6.59. The van der Waals surface area contributed by atoms with Gasteiger partial charge in [-0.3, -0.25) is 4.90 Å². The zero-order chi connectivity index (χ0) is 11.4. The summed E-state index contributed by atoms with van der Waals surface area (Å²) in [4.78, 5) is 1.72. The highest BCUT2D eigenvalue weighted by Gasteiger charge is 2.22. The van der Waals surface area contributed by atoms with E-state index in [0.29, 0.717) is 11.0 Å². The van der Waals surface area contributed by atoms with Gasteiger partial charge in [0.15, 0.2) is 0 Å². The second kappa shape index (κ2) is 4.94. The Bertz CT molecular complexity index is 374. The third-order valence-electron chi connectivity index (χ3n) is 2.21. The number of nitrogens with zero attached hydrogens (tertiary/aromatic N) is 2. The van der Waals surface area contributed by atoms with Crippen LogP contribution in [-0.2, 0) is 0 Å². The van der Waals surface area contributed by atoms with Gasteiger partial charge in [-0.1, -0.05) is 24.3 Å². The minimum atomic E-state index is -1.54. The van der Waals surface area contributed by atoms with Crippen molar-refractivity contribution in [3.05, 3.63) is 29.8 Å². The van der Waals surface area contributed by atoms with Crippen LogP contribution < -0.4 is 5.46 Å². The number of hydrogen-bond donors (Lipinski definition) is 2. The Morgan fingerprint density at radius 3 is 2.40 bits per heavy atom. The SMILES string of the molecule is CN(C)[C@@H](C#N)c1ccccc1B(O)O. The van der Waals surface area contributed by atoms with E-state index in [1.165, 1.54) is 0 Å². The van der Waals surface area contributed by atoms with Crippen LogP contribution in [0, 0.1) is 11.3 Å². The lowest BCUT2D eigenvalue weighted by atomic mass is 9.75. The summed E-state index contributed by atoms with van der Waals surface area (Å²) >= 11 is 0. The number of benzene rings is 1. The van der Waals surface area contributed by atoms with Crippen LogP contribution in [0.2, 0.25) is 0 Å². The molecule has 0 aliphatic heterocycles. The van der Waals surface area contributed by atoms with Crippen molar-refractivity contribution in [1.82, 2.24) is 4.90 Å². The van der Waals surface area contributed by atoms with E-state index < -0.39 is 13.2 Å². The van der Waals surface area contributed by atoms with Gasteiger partial charge in [0.2, 0.25) is 0 Å². The molecule has 0 amide bonds. The highest BCUT2D eigenvalue weighted by atomic mass is 16.4. The quantitative estimate of drug-likeness (QED) is 0.651. The lowest BCUT2D eigenvalue weighted by Crippen LogP contribution is -2.36. The summed E-state index contributed by atoms with van der Waals surface area (Å²) in [7, 11) is 2.00. The van der Waals surface area contributed by atoms with Gasteiger partial charge in [-0.2, -0.15) is 5.26 Å². The van der Waals surface area contributed by atoms with E-state index in [-0.39, 0.29) is 0 Å². The summed E-state index contributed by atoms with van der Waals surface area (Å²) in [5.41, 5.74) is 0.998. The zero-order valence-corrected chi connectivity index (χ0v) is 8.75. The Labute approximate surface area is 89.5 Å². The third kappa shape index (κ3) is 2.57. The van der Waals surface area contributed by atoms with E-state index in [0.717, 1.165) is 0 Å². The number of nitriles is 1. The Hall–Kier alpha value is -1.35. The molecule has 0 saturated heterocycles. The van der Waals surface area contributed by atoms with Crippen molar-refractivity contribution in [2.24, 2.45) is 0 Å². The van der Waals surface area contributed by atoms with Crippen LogP contribution in [0.1, 0.15) is 11.6 Å². The summed E-state index contributed by atoms with van der Waals surface area (Å²) in [6.07, 6.45) is 0. The molecule has 0 spiro atoms. The van der Waals surface area contributed by atoms with Gasteiger partial charge in [0.1, 0.15) is 6.04 Å². The van der Waals surface area contributed by atoms with Gasteiger partial charge < -0.3 is 10.0 Å². The van der Waals surface area contributed by atoms with E-state index >= 15 is 0 Å². The van der Waals surface area contributed by atoms with Crippen molar-refractivity contribution >= 4 is 12.6 Å². The second-order valence-corrected chi connectivity index (χ2v) is 3.50. The van der Waals surface area contributed by atoms with Crippen LogP contribution in [0.4, 0.5) is 0 Å². The van der Waals surface area contributed by atoms with E-state index in [1.54, 1.807) is 43.3 Å². The molecule has 0 aliphatic carbocycles. The first-order valence-corrected chi connectivity index (χ1v) is 4.59. The number of rotatable bonds is 3. The fraction of sp³-hybridized carbons (Fsp3) is 0.300. The van der Waals surface area contributed by atoms with Crippen LogP contribution >= 0.6 is 0 Å². The molecule has 0 bridgehead atoms. The summed E-state index contributed by atoms with van der Waals surface area (Å²) in [6, 6.07) is 8.46. The van der Waals surface area contributed by atoms with E-state index in [1.807, 2.05) is 0 Å². The molecule has 0 radical (unpaired) electrons. The Kier molecular flexibility index (Phi) is 3.86. The largest absolute Gasteiger partial charge is 0.488 e. The summed E-state index contributed by atoms with van der Waals surface area (Å²) < 4.78 is 0. The minimum absolute atomic E-state index is 0.373. The van der Waals surface area contributed by atoms with Crippen molar-refractivity contribution in [3.63, 3.8) is 0 Å². The Morgan fingerprint density at radius 1 is 1.33 bits per heavy atom. The monoisotopic (exact) mass is 204 g/mol.